The third-order valence-corrected chi connectivity index (χ3v) is 3.33. The molecule has 0 bridgehead atoms. The fourth-order valence-electron chi connectivity index (χ4n) is 1.25. The molecule has 16 heavy (non-hydrogen) atoms. The summed E-state index contributed by atoms with van der Waals surface area (Å²) in [4.78, 5) is 4.40. The van der Waals surface area contributed by atoms with E-state index in [1.807, 2.05) is 5.38 Å². The fraction of sp³-hybridized carbons (Fsp3) is 0.727. The van der Waals surface area contributed by atoms with Gasteiger partial charge in [-0.2, -0.15) is 0 Å². The molecule has 3 nitrogen and oxygen atoms in total. The van der Waals surface area contributed by atoms with Gasteiger partial charge in [-0.15, -0.1) is 22.9 Å². The molecule has 5 heteroatoms. The van der Waals surface area contributed by atoms with Crippen LogP contribution in [-0.2, 0) is 21.8 Å². The summed E-state index contributed by atoms with van der Waals surface area (Å²) >= 11 is 7.37. The molecule has 1 aromatic rings. The van der Waals surface area contributed by atoms with Gasteiger partial charge in [0, 0.05) is 19.1 Å². The molecule has 0 aliphatic carbocycles. The maximum absolute atomic E-state index is 5.68. The predicted molar refractivity (Wildman–Crippen MR) is 67.3 cm³/mol. The van der Waals surface area contributed by atoms with Gasteiger partial charge in [-0.1, -0.05) is 0 Å². The highest BCUT2D eigenvalue weighted by Gasteiger charge is 2.00. The number of methoxy groups -OCH3 is 1. The van der Waals surface area contributed by atoms with Crippen LogP contribution in [0.3, 0.4) is 0 Å². The Balaban J connectivity index is 1.98. The molecule has 0 atom stereocenters. The molecule has 0 aliphatic heterocycles. The van der Waals surface area contributed by atoms with Crippen LogP contribution in [-0.4, -0.2) is 31.9 Å². The maximum Gasteiger partial charge on any atom is 0.0928 e. The molecule has 92 valence electrons. The van der Waals surface area contributed by atoms with E-state index < -0.39 is 0 Å². The van der Waals surface area contributed by atoms with Crippen LogP contribution >= 0.6 is 22.9 Å². The summed E-state index contributed by atoms with van der Waals surface area (Å²) < 4.78 is 10.3. The molecule has 0 radical (unpaired) electrons. The summed E-state index contributed by atoms with van der Waals surface area (Å²) in [6.07, 6.45) is 3.21. The number of aryl methyl sites for hydroxylation is 1. The summed E-state index contributed by atoms with van der Waals surface area (Å²) in [6, 6.07) is 0. The van der Waals surface area contributed by atoms with E-state index in [4.69, 9.17) is 21.1 Å². The molecule has 1 heterocycles. The number of alkyl halides is 1. The van der Waals surface area contributed by atoms with Crippen molar-refractivity contribution in [3.63, 3.8) is 0 Å². The Morgan fingerprint density at radius 2 is 2.19 bits per heavy atom. The highest BCUT2D eigenvalue weighted by atomic mass is 35.5. The minimum absolute atomic E-state index is 0.511. The van der Waals surface area contributed by atoms with Crippen molar-refractivity contribution in [3.05, 3.63) is 16.1 Å². The molecular weight excluding hydrogens is 246 g/mol. The van der Waals surface area contributed by atoms with Crippen LogP contribution < -0.4 is 0 Å². The van der Waals surface area contributed by atoms with E-state index in [9.17, 15) is 0 Å². The van der Waals surface area contributed by atoms with Crippen LogP contribution in [0.25, 0.3) is 0 Å². The summed E-state index contributed by atoms with van der Waals surface area (Å²) in [5.41, 5.74) is 0.984. The monoisotopic (exact) mass is 263 g/mol. The van der Waals surface area contributed by atoms with Crippen LogP contribution in [0.1, 0.15) is 23.5 Å². The van der Waals surface area contributed by atoms with Crippen molar-refractivity contribution in [2.45, 2.75) is 25.1 Å². The van der Waals surface area contributed by atoms with Crippen molar-refractivity contribution in [2.24, 2.45) is 0 Å². The second-order valence-electron chi connectivity index (χ2n) is 3.43. The minimum Gasteiger partial charge on any atom is -0.382 e. The number of hydrogen-bond donors (Lipinski definition) is 0. The molecule has 0 amide bonds. The summed E-state index contributed by atoms with van der Waals surface area (Å²) in [5, 5.41) is 3.20. The van der Waals surface area contributed by atoms with Crippen molar-refractivity contribution in [1.29, 1.82) is 0 Å². The van der Waals surface area contributed by atoms with Gasteiger partial charge < -0.3 is 9.47 Å². The number of aromatic nitrogens is 1. The Morgan fingerprint density at radius 3 is 2.88 bits per heavy atom. The lowest BCUT2D eigenvalue weighted by atomic mass is 10.2. The first kappa shape index (κ1) is 13.9. The zero-order chi connectivity index (χ0) is 11.6. The number of halogens is 1. The highest BCUT2D eigenvalue weighted by Crippen LogP contribution is 2.13. The van der Waals surface area contributed by atoms with Crippen LogP contribution in [0.15, 0.2) is 5.38 Å². The molecule has 0 saturated carbocycles. The molecule has 0 fully saturated rings. The summed E-state index contributed by atoms with van der Waals surface area (Å²) in [6.45, 7) is 2.16. The predicted octanol–water partition coefficient (Wildman–Crippen LogP) is 2.87. The molecule has 1 aromatic heterocycles. The molecule has 0 unspecified atom stereocenters. The van der Waals surface area contributed by atoms with Gasteiger partial charge in [0.1, 0.15) is 0 Å². The average molecular weight is 264 g/mol. The quantitative estimate of drug-likeness (QED) is 0.507. The number of nitrogens with zero attached hydrogens (tertiary/aromatic N) is 1. The Kier molecular flexibility index (Phi) is 7.76. The first-order valence-electron chi connectivity index (χ1n) is 5.42. The van der Waals surface area contributed by atoms with E-state index in [2.05, 4.69) is 4.98 Å². The van der Waals surface area contributed by atoms with Gasteiger partial charge in [-0.3, -0.25) is 0 Å². The SMILES string of the molecule is COCCOCCCCc1nc(CCl)cs1. The number of thiazole rings is 1. The maximum atomic E-state index is 5.68. The molecule has 0 aliphatic rings. The number of rotatable bonds is 9. The molecule has 0 saturated heterocycles. The number of hydrogen-bond acceptors (Lipinski definition) is 4. The van der Waals surface area contributed by atoms with Gasteiger partial charge in [0.05, 0.1) is 29.8 Å². The largest absolute Gasteiger partial charge is 0.382 e. The minimum atomic E-state index is 0.511. The second kappa shape index (κ2) is 8.93. The first-order chi connectivity index (χ1) is 7.86. The normalized spacial score (nSPS) is 10.9. The Morgan fingerprint density at radius 1 is 1.31 bits per heavy atom. The lowest BCUT2D eigenvalue weighted by molar-refractivity contribution is 0.0688. The average Bonchev–Trinajstić information content (AvgIpc) is 2.76. The first-order valence-corrected chi connectivity index (χ1v) is 6.84. The van der Waals surface area contributed by atoms with Crippen molar-refractivity contribution in [3.8, 4) is 0 Å². The summed E-state index contributed by atoms with van der Waals surface area (Å²) in [7, 11) is 1.68. The standard InChI is InChI=1S/C11H18ClNO2S/c1-14-6-7-15-5-3-2-4-11-13-10(8-12)9-16-11/h9H,2-8H2,1H3. The Labute approximate surface area is 106 Å². The molecule has 0 aromatic carbocycles. The molecule has 1 rings (SSSR count). The molecular formula is C11H18ClNO2S. The van der Waals surface area contributed by atoms with Crippen LogP contribution in [0.2, 0.25) is 0 Å². The highest BCUT2D eigenvalue weighted by molar-refractivity contribution is 7.09. The third kappa shape index (κ3) is 5.80. The third-order valence-electron chi connectivity index (χ3n) is 2.10. The van der Waals surface area contributed by atoms with Crippen LogP contribution in [0, 0.1) is 0 Å². The topological polar surface area (TPSA) is 31.4 Å². The fourth-order valence-corrected chi connectivity index (χ4v) is 2.32. The van der Waals surface area contributed by atoms with Crippen molar-refractivity contribution < 1.29 is 9.47 Å². The zero-order valence-electron chi connectivity index (χ0n) is 9.58. The van der Waals surface area contributed by atoms with Gasteiger partial charge in [0.2, 0.25) is 0 Å². The zero-order valence-corrected chi connectivity index (χ0v) is 11.1. The Bertz CT molecular complexity index is 281. The molecule has 0 N–H and O–H groups in total. The molecule has 0 spiro atoms. The number of unbranched alkanes of at least 4 members (excludes halogenated alkanes) is 1. The van der Waals surface area contributed by atoms with Crippen molar-refractivity contribution in [2.75, 3.05) is 26.9 Å². The van der Waals surface area contributed by atoms with E-state index in [-0.39, 0.29) is 0 Å². The van der Waals surface area contributed by atoms with Crippen LogP contribution in [0.5, 0.6) is 0 Å². The van der Waals surface area contributed by atoms with E-state index in [1.165, 1.54) is 5.01 Å². The van der Waals surface area contributed by atoms with E-state index in [0.717, 1.165) is 31.6 Å². The Hall–Kier alpha value is -0.160. The summed E-state index contributed by atoms with van der Waals surface area (Å²) in [5.74, 6) is 0.511. The lowest BCUT2D eigenvalue weighted by Gasteiger charge is -2.02. The van der Waals surface area contributed by atoms with E-state index in [0.29, 0.717) is 19.1 Å². The van der Waals surface area contributed by atoms with E-state index >= 15 is 0 Å². The van der Waals surface area contributed by atoms with Gasteiger partial charge in [-0.25, -0.2) is 4.98 Å². The van der Waals surface area contributed by atoms with Gasteiger partial charge >= 0.3 is 0 Å². The van der Waals surface area contributed by atoms with Crippen molar-refractivity contribution >= 4 is 22.9 Å². The van der Waals surface area contributed by atoms with Crippen molar-refractivity contribution in [1.82, 2.24) is 4.98 Å². The number of ether oxygens (including phenoxy) is 2. The lowest BCUT2D eigenvalue weighted by Crippen LogP contribution is -2.03. The van der Waals surface area contributed by atoms with Crippen LogP contribution in [0.4, 0.5) is 0 Å². The van der Waals surface area contributed by atoms with Gasteiger partial charge in [0.15, 0.2) is 0 Å². The van der Waals surface area contributed by atoms with Gasteiger partial charge in [-0.05, 0) is 19.3 Å². The smallest absolute Gasteiger partial charge is 0.0928 e. The van der Waals surface area contributed by atoms with Gasteiger partial charge in [0.25, 0.3) is 0 Å². The van der Waals surface area contributed by atoms with E-state index in [1.54, 1.807) is 18.4 Å². The second-order valence-corrected chi connectivity index (χ2v) is 4.64.